The highest BCUT2D eigenvalue weighted by Crippen LogP contribution is 2.39. The summed E-state index contributed by atoms with van der Waals surface area (Å²) in [6, 6.07) is 17.0. The van der Waals surface area contributed by atoms with E-state index in [1.165, 1.54) is 31.4 Å². The molecular formula is C25H20ClFN2O4. The topological polar surface area (TPSA) is 67.9 Å². The maximum absolute atomic E-state index is 13.6. The van der Waals surface area contributed by atoms with Crippen molar-refractivity contribution in [3.8, 4) is 11.5 Å². The molecule has 6 nitrogen and oxygen atoms in total. The molecule has 0 spiro atoms. The third kappa shape index (κ3) is 4.27. The van der Waals surface area contributed by atoms with E-state index < -0.39 is 17.6 Å². The standard InChI is InChI=1S/C25H20ClFN2O4/c1-3-33-21-7-5-4-6-19(21)29-24(30)22(15-8-11-17(27)12-9-15)23(25(29)31)28-18-14-16(26)10-13-20(18)32-2/h4-14,28H,3H2,1-2H3. The number of imide groups is 1. The number of ether oxygens (including phenoxy) is 2. The number of rotatable bonds is 7. The van der Waals surface area contributed by atoms with E-state index in [2.05, 4.69) is 5.32 Å². The molecule has 168 valence electrons. The molecule has 0 fully saturated rings. The number of nitrogens with one attached hydrogen (secondary N) is 1. The van der Waals surface area contributed by atoms with Crippen LogP contribution >= 0.6 is 11.6 Å². The second-order valence-electron chi connectivity index (χ2n) is 7.07. The third-order valence-electron chi connectivity index (χ3n) is 5.04. The van der Waals surface area contributed by atoms with Gasteiger partial charge in [0, 0.05) is 5.02 Å². The Morgan fingerprint density at radius 1 is 0.970 bits per heavy atom. The molecule has 4 rings (SSSR count). The van der Waals surface area contributed by atoms with Gasteiger partial charge < -0.3 is 14.8 Å². The summed E-state index contributed by atoms with van der Waals surface area (Å²) < 4.78 is 24.6. The van der Waals surface area contributed by atoms with Gasteiger partial charge in [-0.15, -0.1) is 0 Å². The molecule has 0 aliphatic carbocycles. The number of amides is 2. The Bertz CT molecular complexity index is 1260. The first-order valence-corrected chi connectivity index (χ1v) is 10.5. The lowest BCUT2D eigenvalue weighted by Crippen LogP contribution is -2.32. The van der Waals surface area contributed by atoms with Crippen molar-refractivity contribution in [2.75, 3.05) is 23.9 Å². The van der Waals surface area contributed by atoms with Crippen LogP contribution in [0, 0.1) is 5.82 Å². The van der Waals surface area contributed by atoms with Gasteiger partial charge in [0.15, 0.2) is 0 Å². The fraction of sp³-hybridized carbons (Fsp3) is 0.120. The van der Waals surface area contributed by atoms with E-state index in [0.29, 0.717) is 40.1 Å². The van der Waals surface area contributed by atoms with Crippen LogP contribution in [0.2, 0.25) is 5.02 Å². The van der Waals surface area contributed by atoms with E-state index in [-0.39, 0.29) is 11.3 Å². The van der Waals surface area contributed by atoms with Crippen molar-refractivity contribution < 1.29 is 23.5 Å². The van der Waals surface area contributed by atoms with Crippen molar-refractivity contribution in [3.05, 3.63) is 88.8 Å². The molecule has 0 atom stereocenters. The minimum atomic E-state index is -0.589. The van der Waals surface area contributed by atoms with E-state index in [1.54, 1.807) is 42.5 Å². The van der Waals surface area contributed by atoms with Crippen LogP contribution in [-0.4, -0.2) is 25.5 Å². The molecule has 1 heterocycles. The third-order valence-corrected chi connectivity index (χ3v) is 5.28. The molecule has 1 aliphatic heterocycles. The normalized spacial score (nSPS) is 13.5. The molecule has 2 amide bonds. The summed E-state index contributed by atoms with van der Waals surface area (Å²) in [5, 5.41) is 3.43. The highest BCUT2D eigenvalue weighted by molar-refractivity contribution is 6.46. The average Bonchev–Trinajstić information content (AvgIpc) is 3.04. The molecular weight excluding hydrogens is 447 g/mol. The SMILES string of the molecule is CCOc1ccccc1N1C(=O)C(Nc2cc(Cl)ccc2OC)=C(c2ccc(F)cc2)C1=O. The molecule has 0 saturated carbocycles. The van der Waals surface area contributed by atoms with Gasteiger partial charge >= 0.3 is 0 Å². The van der Waals surface area contributed by atoms with Gasteiger partial charge in [-0.3, -0.25) is 9.59 Å². The second kappa shape index (κ2) is 9.34. The Kier molecular flexibility index (Phi) is 6.33. The number of halogens is 2. The monoisotopic (exact) mass is 466 g/mol. The largest absolute Gasteiger partial charge is 0.495 e. The first-order valence-electron chi connectivity index (χ1n) is 10.2. The van der Waals surface area contributed by atoms with Crippen LogP contribution in [-0.2, 0) is 9.59 Å². The molecule has 8 heteroatoms. The van der Waals surface area contributed by atoms with Crippen LogP contribution in [0.15, 0.2) is 72.4 Å². The molecule has 0 saturated heterocycles. The lowest BCUT2D eigenvalue weighted by Gasteiger charge is -2.19. The first kappa shape index (κ1) is 22.4. The molecule has 1 N–H and O–H groups in total. The van der Waals surface area contributed by atoms with E-state index in [0.717, 1.165) is 4.90 Å². The smallest absolute Gasteiger partial charge is 0.282 e. The quantitative estimate of drug-likeness (QED) is 0.480. The van der Waals surface area contributed by atoms with Crippen molar-refractivity contribution in [2.24, 2.45) is 0 Å². The summed E-state index contributed by atoms with van der Waals surface area (Å²) in [6.45, 7) is 2.17. The van der Waals surface area contributed by atoms with Crippen molar-refractivity contribution in [3.63, 3.8) is 0 Å². The number of hydrogen-bond donors (Lipinski definition) is 1. The van der Waals surface area contributed by atoms with Crippen molar-refractivity contribution in [2.45, 2.75) is 6.92 Å². The maximum atomic E-state index is 13.6. The number of anilines is 2. The van der Waals surface area contributed by atoms with Crippen LogP contribution in [0.3, 0.4) is 0 Å². The van der Waals surface area contributed by atoms with E-state index in [9.17, 15) is 14.0 Å². The van der Waals surface area contributed by atoms with Gasteiger partial charge in [-0.25, -0.2) is 9.29 Å². The molecule has 0 aromatic heterocycles. The number of carbonyl (C=O) groups is 2. The Hall–Kier alpha value is -3.84. The van der Waals surface area contributed by atoms with Crippen LogP contribution in [0.25, 0.3) is 5.57 Å². The van der Waals surface area contributed by atoms with Crippen LogP contribution < -0.4 is 19.7 Å². The predicted molar refractivity (Wildman–Crippen MR) is 125 cm³/mol. The minimum absolute atomic E-state index is 0.0125. The van der Waals surface area contributed by atoms with Gasteiger partial charge in [-0.2, -0.15) is 0 Å². The summed E-state index contributed by atoms with van der Waals surface area (Å²) in [5.41, 5.74) is 1.20. The zero-order chi connectivity index (χ0) is 23.5. The summed E-state index contributed by atoms with van der Waals surface area (Å²) in [5.74, 6) is -0.794. The number of hydrogen-bond acceptors (Lipinski definition) is 5. The van der Waals surface area contributed by atoms with Crippen molar-refractivity contribution in [1.29, 1.82) is 0 Å². The fourth-order valence-corrected chi connectivity index (χ4v) is 3.75. The van der Waals surface area contributed by atoms with Crippen LogP contribution in [0.5, 0.6) is 11.5 Å². The Balaban J connectivity index is 1.86. The molecule has 0 bridgehead atoms. The molecule has 3 aromatic rings. The highest BCUT2D eigenvalue weighted by atomic mass is 35.5. The lowest BCUT2D eigenvalue weighted by molar-refractivity contribution is -0.120. The molecule has 1 aliphatic rings. The van der Waals surface area contributed by atoms with E-state index >= 15 is 0 Å². The summed E-state index contributed by atoms with van der Waals surface area (Å²) in [4.78, 5) is 28.2. The number of methoxy groups -OCH3 is 1. The fourth-order valence-electron chi connectivity index (χ4n) is 3.58. The average molecular weight is 467 g/mol. The van der Waals surface area contributed by atoms with Crippen molar-refractivity contribution >= 4 is 40.4 Å². The van der Waals surface area contributed by atoms with Crippen LogP contribution in [0.1, 0.15) is 12.5 Å². The molecule has 0 unspecified atom stereocenters. The van der Waals surface area contributed by atoms with E-state index in [4.69, 9.17) is 21.1 Å². The predicted octanol–water partition coefficient (Wildman–Crippen LogP) is 5.28. The molecule has 33 heavy (non-hydrogen) atoms. The second-order valence-corrected chi connectivity index (χ2v) is 7.51. The van der Waals surface area contributed by atoms with Crippen molar-refractivity contribution in [1.82, 2.24) is 0 Å². The van der Waals surface area contributed by atoms with Gasteiger partial charge in [0.25, 0.3) is 11.8 Å². The van der Waals surface area contributed by atoms with E-state index in [1.807, 2.05) is 6.92 Å². The maximum Gasteiger partial charge on any atom is 0.282 e. The Morgan fingerprint density at radius 3 is 2.39 bits per heavy atom. The number of para-hydroxylation sites is 2. The highest BCUT2D eigenvalue weighted by Gasteiger charge is 2.41. The first-order chi connectivity index (χ1) is 15.9. The molecule has 3 aromatic carbocycles. The number of benzene rings is 3. The van der Waals surface area contributed by atoms with Gasteiger partial charge in [-0.1, -0.05) is 35.9 Å². The number of nitrogens with zero attached hydrogens (tertiary/aromatic N) is 1. The lowest BCUT2D eigenvalue weighted by atomic mass is 10.0. The summed E-state index contributed by atoms with van der Waals surface area (Å²) in [7, 11) is 1.48. The zero-order valence-corrected chi connectivity index (χ0v) is 18.7. The van der Waals surface area contributed by atoms with Gasteiger partial charge in [-0.05, 0) is 55.0 Å². The number of carbonyl (C=O) groups excluding carboxylic acids is 2. The Labute approximate surface area is 195 Å². The van der Waals surface area contributed by atoms with Gasteiger partial charge in [0.1, 0.15) is 23.0 Å². The van der Waals surface area contributed by atoms with Crippen LogP contribution in [0.4, 0.5) is 15.8 Å². The molecule has 0 radical (unpaired) electrons. The summed E-state index contributed by atoms with van der Waals surface area (Å²) in [6.07, 6.45) is 0. The minimum Gasteiger partial charge on any atom is -0.495 e. The zero-order valence-electron chi connectivity index (χ0n) is 17.9. The van der Waals surface area contributed by atoms with Gasteiger partial charge in [0.2, 0.25) is 0 Å². The van der Waals surface area contributed by atoms with Gasteiger partial charge in [0.05, 0.1) is 30.7 Å². The Morgan fingerprint density at radius 2 is 1.70 bits per heavy atom. The summed E-state index contributed by atoms with van der Waals surface area (Å²) >= 11 is 6.14.